The Bertz CT molecular complexity index is 1700. The Balaban J connectivity index is 1.42. The standard InChI is InChI=1S/C50H74O6Si2/c1-11-12-13-14-15-22-29-42-44(56-58(50(5,6)7,40-25-18-16-19-26-40)41-27-20-17-21-28-41)36-45(55-57(9,10)49(2,3)4)46(42)47(51)48-43(54-48)30-23-24-35-53-37-38-31-33-39(52-8)34-32-38/h15-22,25-28,31-34,42-44,47-48,51H,11-14,23-24,29-30,35-37H2,1-10H3/b22-15-/t42-,43+,44+,47?,48-/m0/s1. The van der Waals surface area contributed by atoms with Crippen LogP contribution in [-0.2, 0) is 24.9 Å². The lowest BCUT2D eigenvalue weighted by Gasteiger charge is -2.46. The Kier molecular flexibility index (Phi) is 16.3. The average Bonchev–Trinajstić information content (AvgIpc) is 3.90. The van der Waals surface area contributed by atoms with E-state index in [9.17, 15) is 5.11 Å². The van der Waals surface area contributed by atoms with Gasteiger partial charge in [0.15, 0.2) is 0 Å². The Hall–Kier alpha value is -2.99. The number of aliphatic hydroxyl groups is 1. The van der Waals surface area contributed by atoms with Gasteiger partial charge >= 0.3 is 0 Å². The molecule has 1 heterocycles. The molecule has 0 bridgehead atoms. The van der Waals surface area contributed by atoms with Crippen molar-refractivity contribution in [3.63, 3.8) is 0 Å². The van der Waals surface area contributed by atoms with Crippen LogP contribution in [0.5, 0.6) is 5.75 Å². The van der Waals surface area contributed by atoms with Crippen LogP contribution >= 0.6 is 0 Å². The number of benzene rings is 3. The molecule has 1 aliphatic heterocycles. The third-order valence-corrected chi connectivity index (χ3v) is 22.2. The highest BCUT2D eigenvalue weighted by molar-refractivity contribution is 6.99. The van der Waals surface area contributed by atoms with Crippen molar-refractivity contribution < 1.29 is 28.2 Å². The smallest absolute Gasteiger partial charge is 0.261 e. The second-order valence-corrected chi connectivity index (χ2v) is 28.0. The molecule has 1 fully saturated rings. The summed E-state index contributed by atoms with van der Waals surface area (Å²) in [6.07, 6.45) is 12.5. The highest BCUT2D eigenvalue weighted by Gasteiger charge is 2.56. The third-order valence-electron chi connectivity index (χ3n) is 12.7. The van der Waals surface area contributed by atoms with Gasteiger partial charge in [-0.3, -0.25) is 0 Å². The minimum Gasteiger partial charge on any atom is -0.546 e. The highest BCUT2D eigenvalue weighted by atomic mass is 28.4. The van der Waals surface area contributed by atoms with Gasteiger partial charge in [-0.2, -0.15) is 0 Å². The van der Waals surface area contributed by atoms with E-state index in [2.05, 4.69) is 134 Å². The quantitative estimate of drug-likeness (QED) is 0.0471. The van der Waals surface area contributed by atoms with E-state index in [0.717, 1.165) is 54.7 Å². The summed E-state index contributed by atoms with van der Waals surface area (Å²) in [5, 5.41) is 14.9. The zero-order chi connectivity index (χ0) is 42.0. The van der Waals surface area contributed by atoms with Gasteiger partial charge in [-0.15, -0.1) is 0 Å². The molecule has 0 spiro atoms. The Morgan fingerprint density at radius 3 is 2.02 bits per heavy atom. The monoisotopic (exact) mass is 827 g/mol. The predicted molar refractivity (Wildman–Crippen MR) is 245 cm³/mol. The number of hydrogen-bond acceptors (Lipinski definition) is 6. The van der Waals surface area contributed by atoms with Crippen molar-refractivity contribution >= 4 is 27.0 Å². The van der Waals surface area contributed by atoms with Crippen LogP contribution in [0.3, 0.4) is 0 Å². The number of allylic oxidation sites excluding steroid dienone is 2. The number of methoxy groups -OCH3 is 1. The maximum absolute atomic E-state index is 12.5. The molecule has 6 nitrogen and oxygen atoms in total. The summed E-state index contributed by atoms with van der Waals surface area (Å²) in [5.41, 5.74) is 2.14. The number of ether oxygens (including phenoxy) is 3. The van der Waals surface area contributed by atoms with E-state index < -0.39 is 22.7 Å². The average molecular weight is 827 g/mol. The van der Waals surface area contributed by atoms with Gasteiger partial charge in [0.1, 0.15) is 18.0 Å². The summed E-state index contributed by atoms with van der Waals surface area (Å²) in [5.74, 6) is 1.74. The summed E-state index contributed by atoms with van der Waals surface area (Å²) in [7, 11) is -3.51. The highest BCUT2D eigenvalue weighted by Crippen LogP contribution is 2.49. The van der Waals surface area contributed by atoms with Crippen LogP contribution < -0.4 is 15.1 Å². The minimum absolute atomic E-state index is 0.00423. The lowest BCUT2D eigenvalue weighted by molar-refractivity contribution is 0.116. The second-order valence-electron chi connectivity index (χ2n) is 19.1. The molecule has 1 N–H and O–H groups in total. The van der Waals surface area contributed by atoms with Gasteiger partial charge in [0.2, 0.25) is 8.32 Å². The van der Waals surface area contributed by atoms with Crippen molar-refractivity contribution in [3.05, 3.63) is 114 Å². The summed E-state index contributed by atoms with van der Waals surface area (Å²) >= 11 is 0. The van der Waals surface area contributed by atoms with Crippen LogP contribution in [0, 0.1) is 5.92 Å². The van der Waals surface area contributed by atoms with Crippen molar-refractivity contribution in [2.45, 2.75) is 160 Å². The Morgan fingerprint density at radius 1 is 0.810 bits per heavy atom. The van der Waals surface area contributed by atoms with Crippen molar-refractivity contribution in [1.82, 2.24) is 0 Å². The van der Waals surface area contributed by atoms with E-state index in [1.807, 2.05) is 24.3 Å². The SMILES string of the molecule is CCCCC/C=C\C[C@@H]1C(C(O)[C@H]2O[C@@H]2CCCCOCc2ccc(OC)cc2)=C(O[Si](C)(C)C(C)(C)C)C[C@H]1O[Si](c1ccccc1)(c1ccccc1)C(C)(C)C. The maximum Gasteiger partial charge on any atom is 0.261 e. The van der Waals surface area contributed by atoms with E-state index >= 15 is 0 Å². The summed E-state index contributed by atoms with van der Waals surface area (Å²) in [6, 6.07) is 29.9. The van der Waals surface area contributed by atoms with Crippen LogP contribution in [0.1, 0.15) is 112 Å². The molecule has 0 aromatic heterocycles. The number of aliphatic hydroxyl groups excluding tert-OH is 1. The first kappa shape index (κ1) is 46.1. The zero-order valence-corrected chi connectivity index (χ0v) is 39.4. The van der Waals surface area contributed by atoms with Crippen LogP contribution in [-0.4, -0.2) is 59.9 Å². The third kappa shape index (κ3) is 11.4. The largest absolute Gasteiger partial charge is 0.546 e. The molecular formula is C50H74O6Si2. The van der Waals surface area contributed by atoms with E-state index in [1.165, 1.54) is 29.6 Å². The molecule has 0 amide bonds. The fourth-order valence-electron chi connectivity index (χ4n) is 8.29. The topological polar surface area (TPSA) is 69.7 Å². The molecule has 1 unspecified atom stereocenters. The van der Waals surface area contributed by atoms with Crippen molar-refractivity contribution in [1.29, 1.82) is 0 Å². The van der Waals surface area contributed by atoms with Gasteiger partial charge in [-0.25, -0.2) is 0 Å². The molecule has 0 radical (unpaired) electrons. The first-order valence-corrected chi connectivity index (χ1v) is 26.8. The number of epoxide rings is 1. The molecule has 8 heteroatoms. The molecule has 58 heavy (non-hydrogen) atoms. The minimum atomic E-state index is -2.92. The molecule has 5 atom stereocenters. The van der Waals surface area contributed by atoms with E-state index in [1.54, 1.807) is 7.11 Å². The fraction of sp³-hybridized carbons (Fsp3) is 0.560. The van der Waals surface area contributed by atoms with E-state index in [4.69, 9.17) is 23.1 Å². The van der Waals surface area contributed by atoms with E-state index in [0.29, 0.717) is 19.6 Å². The molecule has 1 aliphatic carbocycles. The number of hydrogen-bond donors (Lipinski definition) is 1. The van der Waals surface area contributed by atoms with E-state index in [-0.39, 0.29) is 34.3 Å². The van der Waals surface area contributed by atoms with Crippen LogP contribution in [0.4, 0.5) is 0 Å². The first-order chi connectivity index (χ1) is 27.6. The van der Waals surface area contributed by atoms with Crippen LogP contribution in [0.25, 0.3) is 0 Å². The molecule has 3 aromatic rings. The van der Waals surface area contributed by atoms with Crippen molar-refractivity contribution in [2.24, 2.45) is 5.92 Å². The summed E-state index contributed by atoms with van der Waals surface area (Å²) in [4.78, 5) is 0. The summed E-state index contributed by atoms with van der Waals surface area (Å²) in [6.45, 7) is 22.1. The van der Waals surface area contributed by atoms with Gasteiger partial charge in [0.05, 0.1) is 31.7 Å². The van der Waals surface area contributed by atoms with Gasteiger partial charge in [0.25, 0.3) is 8.32 Å². The van der Waals surface area contributed by atoms with Crippen molar-refractivity contribution in [3.8, 4) is 5.75 Å². The fourth-order valence-corrected chi connectivity index (χ4v) is 14.1. The molecule has 5 rings (SSSR count). The Labute approximate surface area is 353 Å². The lowest BCUT2D eigenvalue weighted by atomic mass is 9.89. The number of rotatable bonds is 22. The summed E-state index contributed by atoms with van der Waals surface area (Å²) < 4.78 is 32.9. The first-order valence-electron chi connectivity index (χ1n) is 22.0. The van der Waals surface area contributed by atoms with Crippen LogP contribution in [0.15, 0.2) is 108 Å². The number of unbranched alkanes of at least 4 members (excludes halogenated alkanes) is 4. The van der Waals surface area contributed by atoms with Crippen molar-refractivity contribution in [2.75, 3.05) is 13.7 Å². The van der Waals surface area contributed by atoms with Gasteiger partial charge in [-0.05, 0) is 89.8 Å². The molecule has 2 aliphatic rings. The molecule has 3 aromatic carbocycles. The molecule has 318 valence electrons. The zero-order valence-electron chi connectivity index (χ0n) is 37.4. The van der Waals surface area contributed by atoms with Gasteiger partial charge < -0.3 is 28.2 Å². The maximum atomic E-state index is 12.5. The predicted octanol–water partition coefficient (Wildman–Crippen LogP) is 11.3. The van der Waals surface area contributed by atoms with Gasteiger partial charge in [-0.1, -0.05) is 146 Å². The Morgan fingerprint density at radius 2 is 1.45 bits per heavy atom. The second kappa shape index (κ2) is 20.5. The van der Waals surface area contributed by atoms with Gasteiger partial charge in [0, 0.05) is 24.5 Å². The molecule has 0 saturated carbocycles. The molecule has 1 saturated heterocycles. The molecular weight excluding hydrogens is 753 g/mol. The normalized spacial score (nSPS) is 20.8. The lowest BCUT2D eigenvalue weighted by Crippen LogP contribution is -2.68. The van der Waals surface area contributed by atoms with Crippen LogP contribution in [0.2, 0.25) is 23.2 Å².